The molecule has 0 spiro atoms. The van der Waals surface area contributed by atoms with Crippen molar-refractivity contribution in [2.45, 2.75) is 32.7 Å². The van der Waals surface area contributed by atoms with Gasteiger partial charge in [0.2, 0.25) is 5.91 Å². The maximum Gasteiger partial charge on any atom is 0.323 e. The summed E-state index contributed by atoms with van der Waals surface area (Å²) in [7, 11) is 0. The van der Waals surface area contributed by atoms with Gasteiger partial charge < -0.3 is 15.3 Å². The highest BCUT2D eigenvalue weighted by atomic mass is 35.5. The first-order valence-corrected chi connectivity index (χ1v) is 11.7. The van der Waals surface area contributed by atoms with Gasteiger partial charge in [-0.3, -0.25) is 9.79 Å². The van der Waals surface area contributed by atoms with E-state index < -0.39 is 6.04 Å². The van der Waals surface area contributed by atoms with Gasteiger partial charge in [0.05, 0.1) is 22.4 Å². The predicted molar refractivity (Wildman–Crippen MR) is 137 cm³/mol. The average Bonchev–Trinajstić information content (AvgIpc) is 3.11. The van der Waals surface area contributed by atoms with E-state index in [1.54, 1.807) is 12.1 Å². The Labute approximate surface area is 202 Å². The molecule has 1 unspecified atom stereocenters. The van der Waals surface area contributed by atoms with Crippen LogP contribution >= 0.6 is 11.6 Å². The molecule has 6 nitrogen and oxygen atoms in total. The van der Waals surface area contributed by atoms with Gasteiger partial charge in [-0.25, -0.2) is 4.79 Å². The zero-order valence-electron chi connectivity index (χ0n) is 19.0. The number of fused-ring (bicyclic) bond motifs is 2. The fraction of sp³-hybridized carbons (Fsp3) is 0.222. The topological polar surface area (TPSA) is 90.1 Å². The number of halogens is 1. The lowest BCUT2D eigenvalue weighted by molar-refractivity contribution is -0.117. The van der Waals surface area contributed by atoms with Crippen LogP contribution in [0.5, 0.6) is 0 Å². The van der Waals surface area contributed by atoms with Gasteiger partial charge in [0.15, 0.2) is 0 Å². The second-order valence-corrected chi connectivity index (χ2v) is 9.57. The SMILES string of the molecule is CC(C)Cc1ccc(CC2N=C(c3ccc4[nH]c(=O)[nH]c4c3)c3cc(Cl)ccc3NC2=O)cc1. The van der Waals surface area contributed by atoms with Crippen LogP contribution in [0.3, 0.4) is 0 Å². The number of benzodiazepines with no additional fused rings is 1. The summed E-state index contributed by atoms with van der Waals surface area (Å²) in [5.41, 5.74) is 6.29. The zero-order chi connectivity index (χ0) is 23.8. The van der Waals surface area contributed by atoms with Gasteiger partial charge in [-0.05, 0) is 53.8 Å². The van der Waals surface area contributed by atoms with Crippen LogP contribution in [0, 0.1) is 5.92 Å². The fourth-order valence-electron chi connectivity index (χ4n) is 4.38. The summed E-state index contributed by atoms with van der Waals surface area (Å²) in [6.07, 6.45) is 1.49. The third kappa shape index (κ3) is 4.54. The van der Waals surface area contributed by atoms with Crippen LogP contribution < -0.4 is 11.0 Å². The first-order valence-electron chi connectivity index (χ1n) is 11.3. The fourth-order valence-corrected chi connectivity index (χ4v) is 4.55. The number of nitrogens with zero attached hydrogens (tertiary/aromatic N) is 1. The molecule has 1 aliphatic rings. The van der Waals surface area contributed by atoms with Crippen molar-refractivity contribution in [3.05, 3.63) is 98.4 Å². The number of aromatic amines is 2. The Balaban J connectivity index is 1.56. The van der Waals surface area contributed by atoms with Crippen molar-refractivity contribution in [2.24, 2.45) is 10.9 Å². The molecule has 3 N–H and O–H groups in total. The second-order valence-electron chi connectivity index (χ2n) is 9.13. The van der Waals surface area contributed by atoms with Crippen LogP contribution in [0.1, 0.15) is 36.1 Å². The second kappa shape index (κ2) is 8.95. The molecule has 0 saturated heterocycles. The molecule has 0 saturated carbocycles. The van der Waals surface area contributed by atoms with E-state index >= 15 is 0 Å². The number of amides is 1. The Morgan fingerprint density at radius 1 is 0.912 bits per heavy atom. The van der Waals surface area contributed by atoms with Crippen molar-refractivity contribution in [3.63, 3.8) is 0 Å². The van der Waals surface area contributed by atoms with E-state index in [4.69, 9.17) is 16.6 Å². The largest absolute Gasteiger partial charge is 0.324 e. The van der Waals surface area contributed by atoms with Crippen molar-refractivity contribution in [1.82, 2.24) is 9.97 Å². The molecule has 2 heterocycles. The molecule has 1 atom stereocenters. The van der Waals surface area contributed by atoms with Crippen molar-refractivity contribution in [3.8, 4) is 0 Å². The number of aromatic nitrogens is 2. The summed E-state index contributed by atoms with van der Waals surface area (Å²) in [5, 5.41) is 3.57. The van der Waals surface area contributed by atoms with Gasteiger partial charge in [0.1, 0.15) is 6.04 Å². The average molecular weight is 473 g/mol. The quantitative estimate of drug-likeness (QED) is 0.376. The minimum Gasteiger partial charge on any atom is -0.324 e. The van der Waals surface area contributed by atoms with Crippen LogP contribution in [0.2, 0.25) is 5.02 Å². The molecule has 5 rings (SSSR count). The molecule has 1 amide bonds. The van der Waals surface area contributed by atoms with Gasteiger partial charge in [0, 0.05) is 22.6 Å². The van der Waals surface area contributed by atoms with Crippen LogP contribution in [0.4, 0.5) is 5.69 Å². The van der Waals surface area contributed by atoms with Gasteiger partial charge in [-0.2, -0.15) is 0 Å². The van der Waals surface area contributed by atoms with Crippen molar-refractivity contribution in [2.75, 3.05) is 5.32 Å². The Bertz CT molecular complexity index is 1460. The summed E-state index contributed by atoms with van der Waals surface area (Å²) in [6.45, 7) is 4.40. The van der Waals surface area contributed by atoms with Crippen LogP contribution in [-0.2, 0) is 17.6 Å². The number of anilines is 1. The van der Waals surface area contributed by atoms with Gasteiger partial charge >= 0.3 is 5.69 Å². The Morgan fingerprint density at radius 3 is 2.41 bits per heavy atom. The molecule has 0 aliphatic carbocycles. The molecule has 0 radical (unpaired) electrons. The number of aliphatic imine (C=N–C) groups is 1. The number of rotatable bonds is 5. The van der Waals surface area contributed by atoms with Crippen molar-refractivity contribution in [1.29, 1.82) is 0 Å². The Hall–Kier alpha value is -3.64. The number of nitrogens with one attached hydrogen (secondary N) is 3. The van der Waals surface area contributed by atoms with E-state index in [1.807, 2.05) is 24.3 Å². The lowest BCUT2D eigenvalue weighted by atomic mass is 9.98. The zero-order valence-corrected chi connectivity index (χ0v) is 19.7. The summed E-state index contributed by atoms with van der Waals surface area (Å²) >= 11 is 6.31. The molecule has 1 aromatic heterocycles. The molecule has 7 heteroatoms. The smallest absolute Gasteiger partial charge is 0.323 e. The molecule has 0 bridgehead atoms. The maximum absolute atomic E-state index is 13.2. The number of hydrogen-bond donors (Lipinski definition) is 3. The third-order valence-corrected chi connectivity index (χ3v) is 6.20. The van der Waals surface area contributed by atoms with Crippen LogP contribution in [-0.4, -0.2) is 27.6 Å². The number of carbonyl (C=O) groups is 1. The minimum absolute atomic E-state index is 0.166. The number of benzene rings is 3. The van der Waals surface area contributed by atoms with E-state index in [-0.39, 0.29) is 11.6 Å². The molecule has 0 fully saturated rings. The normalized spacial score (nSPS) is 15.7. The highest BCUT2D eigenvalue weighted by Gasteiger charge is 2.26. The molecule has 34 heavy (non-hydrogen) atoms. The number of hydrogen-bond acceptors (Lipinski definition) is 3. The minimum atomic E-state index is -0.613. The van der Waals surface area contributed by atoms with Gasteiger partial charge in [-0.15, -0.1) is 0 Å². The van der Waals surface area contributed by atoms with E-state index in [9.17, 15) is 9.59 Å². The monoisotopic (exact) mass is 472 g/mol. The van der Waals surface area contributed by atoms with E-state index in [0.29, 0.717) is 39.8 Å². The lowest BCUT2D eigenvalue weighted by Crippen LogP contribution is -2.27. The molecular formula is C27H25ClN4O2. The summed E-state index contributed by atoms with van der Waals surface area (Å²) in [5.74, 6) is 0.421. The Morgan fingerprint density at radius 2 is 1.65 bits per heavy atom. The standard InChI is InChI=1S/C27H25ClN4O2/c1-15(2)11-16-3-5-17(6-4-16)12-24-26(33)30-21-10-8-19(28)14-20(21)25(29-24)18-7-9-22-23(13-18)32-27(34)31-22/h3-10,13-15,24H,11-12H2,1-2H3,(H,30,33)(H2,31,32,34). The third-order valence-electron chi connectivity index (χ3n) is 5.97. The molecule has 3 aromatic carbocycles. The van der Waals surface area contributed by atoms with E-state index in [1.165, 1.54) is 5.56 Å². The summed E-state index contributed by atoms with van der Waals surface area (Å²) in [6, 6.07) is 18.7. The summed E-state index contributed by atoms with van der Waals surface area (Å²) in [4.78, 5) is 35.4. The Kier molecular flexibility index (Phi) is 5.84. The molecule has 172 valence electrons. The number of H-pyrrole nitrogens is 2. The maximum atomic E-state index is 13.2. The highest BCUT2D eigenvalue weighted by Crippen LogP contribution is 2.29. The number of imidazole rings is 1. The highest BCUT2D eigenvalue weighted by molar-refractivity contribution is 6.32. The molecular weight excluding hydrogens is 448 g/mol. The van der Waals surface area contributed by atoms with Crippen LogP contribution in [0.15, 0.2) is 70.5 Å². The van der Waals surface area contributed by atoms with E-state index in [0.717, 1.165) is 23.1 Å². The summed E-state index contributed by atoms with van der Waals surface area (Å²) < 4.78 is 0. The lowest BCUT2D eigenvalue weighted by Gasteiger charge is -2.12. The first-order chi connectivity index (χ1) is 16.4. The number of carbonyl (C=O) groups excluding carboxylic acids is 1. The predicted octanol–water partition coefficient (Wildman–Crippen LogP) is 5.11. The van der Waals surface area contributed by atoms with Crippen molar-refractivity contribution < 1.29 is 4.79 Å². The molecule has 1 aliphatic heterocycles. The van der Waals surface area contributed by atoms with Crippen LogP contribution in [0.25, 0.3) is 11.0 Å². The van der Waals surface area contributed by atoms with Gasteiger partial charge in [-0.1, -0.05) is 55.8 Å². The van der Waals surface area contributed by atoms with Gasteiger partial charge in [0.25, 0.3) is 0 Å². The van der Waals surface area contributed by atoms with E-state index in [2.05, 4.69) is 53.4 Å². The molecule has 4 aromatic rings. The first kappa shape index (κ1) is 22.2. The van der Waals surface area contributed by atoms with Crippen molar-refractivity contribution >= 4 is 39.9 Å².